The zero-order valence-corrected chi connectivity index (χ0v) is 9.92. The molecule has 4 heteroatoms. The first-order valence-electron chi connectivity index (χ1n) is 5.60. The molecule has 1 amide bonds. The van der Waals surface area contributed by atoms with Crippen LogP contribution in [0.25, 0.3) is 0 Å². The summed E-state index contributed by atoms with van der Waals surface area (Å²) in [6.07, 6.45) is 2.02. The average Bonchev–Trinajstić information content (AvgIpc) is 2.28. The Labute approximate surface area is 91.6 Å². The van der Waals surface area contributed by atoms with Crippen molar-refractivity contribution in [2.24, 2.45) is 5.92 Å². The first-order chi connectivity index (χ1) is 7.01. The second-order valence-electron chi connectivity index (χ2n) is 4.82. The van der Waals surface area contributed by atoms with Crippen LogP contribution in [0.15, 0.2) is 0 Å². The molecule has 1 fully saturated rings. The molecule has 1 atom stereocenters. The quantitative estimate of drug-likeness (QED) is 0.706. The number of carbonyl (C=O) groups is 1. The highest BCUT2D eigenvalue weighted by Gasteiger charge is 2.32. The number of hydrogen-bond acceptors (Lipinski definition) is 3. The third kappa shape index (κ3) is 2.92. The second kappa shape index (κ2) is 4.94. The van der Waals surface area contributed by atoms with Crippen molar-refractivity contribution in [3.05, 3.63) is 0 Å². The number of nitrogens with zero attached hydrogens (tertiary/aromatic N) is 1. The van der Waals surface area contributed by atoms with Crippen LogP contribution in [-0.2, 0) is 4.79 Å². The first kappa shape index (κ1) is 12.5. The molecule has 1 unspecified atom stereocenters. The fourth-order valence-corrected chi connectivity index (χ4v) is 1.90. The molecule has 0 saturated carbocycles. The maximum absolute atomic E-state index is 12.1. The van der Waals surface area contributed by atoms with Crippen molar-refractivity contribution in [2.75, 3.05) is 26.7 Å². The molecule has 0 spiro atoms. The molecule has 1 saturated heterocycles. The highest BCUT2D eigenvalue weighted by Crippen LogP contribution is 2.18. The lowest BCUT2D eigenvalue weighted by atomic mass is 9.96. The normalized spacial score (nSPS) is 22.9. The van der Waals surface area contributed by atoms with Gasteiger partial charge in [-0.3, -0.25) is 4.79 Å². The van der Waals surface area contributed by atoms with E-state index in [-0.39, 0.29) is 18.4 Å². The lowest BCUT2D eigenvalue weighted by Gasteiger charge is -2.37. The summed E-state index contributed by atoms with van der Waals surface area (Å²) in [6, 6.07) is 0. The maximum Gasteiger partial charge on any atom is 0.242 e. The van der Waals surface area contributed by atoms with E-state index in [1.165, 1.54) is 0 Å². The summed E-state index contributed by atoms with van der Waals surface area (Å²) in [4.78, 5) is 14.0. The Morgan fingerprint density at radius 2 is 2.27 bits per heavy atom. The van der Waals surface area contributed by atoms with Crippen molar-refractivity contribution in [1.82, 2.24) is 10.2 Å². The minimum absolute atomic E-state index is 0.128. The predicted molar refractivity (Wildman–Crippen MR) is 59.5 cm³/mol. The standard InChI is InChI=1S/C11H22N2O2/c1-11(2,12-3)10(15)13-6-4-5-9(7-13)8-14/h9,12,14H,4-8H2,1-3H3. The minimum atomic E-state index is -0.503. The van der Waals surface area contributed by atoms with Crippen LogP contribution in [0.3, 0.4) is 0 Å². The van der Waals surface area contributed by atoms with Gasteiger partial charge in [-0.1, -0.05) is 0 Å². The molecule has 0 aromatic carbocycles. The molecule has 4 nitrogen and oxygen atoms in total. The molecule has 0 aliphatic carbocycles. The Kier molecular flexibility index (Phi) is 4.11. The van der Waals surface area contributed by atoms with E-state index in [1.807, 2.05) is 18.7 Å². The van der Waals surface area contributed by atoms with Gasteiger partial charge in [0.05, 0.1) is 5.54 Å². The van der Waals surface area contributed by atoms with Crippen molar-refractivity contribution < 1.29 is 9.90 Å². The second-order valence-corrected chi connectivity index (χ2v) is 4.82. The number of aliphatic hydroxyl groups excluding tert-OH is 1. The van der Waals surface area contributed by atoms with Gasteiger partial charge in [-0.2, -0.15) is 0 Å². The summed E-state index contributed by atoms with van der Waals surface area (Å²) < 4.78 is 0. The van der Waals surface area contributed by atoms with Crippen LogP contribution in [0.2, 0.25) is 0 Å². The van der Waals surface area contributed by atoms with Crippen molar-refractivity contribution >= 4 is 5.91 Å². The monoisotopic (exact) mass is 214 g/mol. The molecule has 0 aromatic heterocycles. The molecular weight excluding hydrogens is 192 g/mol. The lowest BCUT2D eigenvalue weighted by molar-refractivity contribution is -0.139. The van der Waals surface area contributed by atoms with E-state index >= 15 is 0 Å². The zero-order valence-electron chi connectivity index (χ0n) is 9.92. The topological polar surface area (TPSA) is 52.6 Å². The molecule has 0 bridgehead atoms. The number of amides is 1. The van der Waals surface area contributed by atoms with Gasteiger partial charge in [0.2, 0.25) is 5.91 Å². The minimum Gasteiger partial charge on any atom is -0.396 e. The SMILES string of the molecule is CNC(C)(C)C(=O)N1CCCC(CO)C1. The molecule has 1 rings (SSSR count). The van der Waals surface area contributed by atoms with Gasteiger partial charge in [-0.05, 0) is 39.7 Å². The van der Waals surface area contributed by atoms with Gasteiger partial charge >= 0.3 is 0 Å². The van der Waals surface area contributed by atoms with E-state index in [2.05, 4.69) is 5.32 Å². The molecule has 88 valence electrons. The third-order valence-electron chi connectivity index (χ3n) is 3.22. The van der Waals surface area contributed by atoms with Crippen LogP contribution in [-0.4, -0.2) is 48.2 Å². The van der Waals surface area contributed by atoms with Gasteiger partial charge in [-0.15, -0.1) is 0 Å². The van der Waals surface area contributed by atoms with E-state index in [0.717, 1.165) is 19.4 Å². The van der Waals surface area contributed by atoms with Crippen molar-refractivity contribution in [3.63, 3.8) is 0 Å². The van der Waals surface area contributed by atoms with Gasteiger partial charge in [0.15, 0.2) is 0 Å². The van der Waals surface area contributed by atoms with Crippen LogP contribution in [0.1, 0.15) is 26.7 Å². The summed E-state index contributed by atoms with van der Waals surface area (Å²) in [5, 5.41) is 12.1. The van der Waals surface area contributed by atoms with Gasteiger partial charge < -0.3 is 15.3 Å². The number of hydrogen-bond donors (Lipinski definition) is 2. The van der Waals surface area contributed by atoms with Crippen LogP contribution >= 0.6 is 0 Å². The van der Waals surface area contributed by atoms with Crippen LogP contribution < -0.4 is 5.32 Å². The van der Waals surface area contributed by atoms with Gasteiger partial charge in [-0.25, -0.2) is 0 Å². The maximum atomic E-state index is 12.1. The average molecular weight is 214 g/mol. The number of likely N-dealkylation sites (tertiary alicyclic amines) is 1. The number of likely N-dealkylation sites (N-methyl/N-ethyl adjacent to an activating group) is 1. The van der Waals surface area contributed by atoms with Crippen LogP contribution in [0.5, 0.6) is 0 Å². The first-order valence-corrected chi connectivity index (χ1v) is 5.60. The number of piperidine rings is 1. The van der Waals surface area contributed by atoms with E-state index in [1.54, 1.807) is 7.05 Å². The highest BCUT2D eigenvalue weighted by atomic mass is 16.3. The molecule has 1 aliphatic rings. The van der Waals surface area contributed by atoms with E-state index in [0.29, 0.717) is 6.54 Å². The van der Waals surface area contributed by atoms with E-state index < -0.39 is 5.54 Å². The Balaban J connectivity index is 2.60. The number of rotatable bonds is 3. The smallest absolute Gasteiger partial charge is 0.242 e. The summed E-state index contributed by atoms with van der Waals surface area (Å²) >= 11 is 0. The van der Waals surface area contributed by atoms with Gasteiger partial charge in [0, 0.05) is 19.7 Å². The van der Waals surface area contributed by atoms with Crippen LogP contribution in [0, 0.1) is 5.92 Å². The van der Waals surface area contributed by atoms with Crippen molar-refractivity contribution in [2.45, 2.75) is 32.2 Å². The van der Waals surface area contributed by atoms with Gasteiger partial charge in [0.25, 0.3) is 0 Å². The molecule has 0 aromatic rings. The number of aliphatic hydroxyl groups is 1. The van der Waals surface area contributed by atoms with E-state index in [4.69, 9.17) is 5.11 Å². The zero-order chi connectivity index (χ0) is 11.5. The summed E-state index contributed by atoms with van der Waals surface area (Å²) in [5.41, 5.74) is -0.503. The predicted octanol–water partition coefficient (Wildman–Crippen LogP) is 0.215. The van der Waals surface area contributed by atoms with Gasteiger partial charge in [0.1, 0.15) is 0 Å². The summed E-state index contributed by atoms with van der Waals surface area (Å²) in [6.45, 7) is 5.47. The largest absolute Gasteiger partial charge is 0.396 e. The highest BCUT2D eigenvalue weighted by molar-refractivity contribution is 5.85. The van der Waals surface area contributed by atoms with Crippen LogP contribution in [0.4, 0.5) is 0 Å². The fraction of sp³-hybridized carbons (Fsp3) is 0.909. The molecule has 15 heavy (non-hydrogen) atoms. The number of nitrogens with one attached hydrogen (secondary N) is 1. The molecular formula is C11H22N2O2. The van der Waals surface area contributed by atoms with Crippen molar-refractivity contribution in [1.29, 1.82) is 0 Å². The number of carbonyl (C=O) groups excluding carboxylic acids is 1. The van der Waals surface area contributed by atoms with Crippen molar-refractivity contribution in [3.8, 4) is 0 Å². The fourth-order valence-electron chi connectivity index (χ4n) is 1.90. The summed E-state index contributed by atoms with van der Waals surface area (Å²) in [7, 11) is 1.80. The molecule has 1 aliphatic heterocycles. The third-order valence-corrected chi connectivity index (χ3v) is 3.22. The Bertz CT molecular complexity index is 229. The Hall–Kier alpha value is -0.610. The molecule has 1 heterocycles. The Morgan fingerprint density at radius 1 is 1.60 bits per heavy atom. The summed E-state index contributed by atoms with van der Waals surface area (Å²) in [5.74, 6) is 0.388. The lowest BCUT2D eigenvalue weighted by Crippen LogP contribution is -2.55. The molecule has 2 N–H and O–H groups in total. The van der Waals surface area contributed by atoms with E-state index in [9.17, 15) is 4.79 Å². The Morgan fingerprint density at radius 3 is 2.80 bits per heavy atom. The molecule has 0 radical (unpaired) electrons.